The van der Waals surface area contributed by atoms with E-state index in [1.165, 1.54) is 0 Å². The number of piperazine rings is 1. The minimum atomic E-state index is -0.0215. The summed E-state index contributed by atoms with van der Waals surface area (Å²) in [7, 11) is 0. The molecule has 2 rings (SSSR count). The van der Waals surface area contributed by atoms with Gasteiger partial charge in [0, 0.05) is 55.3 Å². The van der Waals surface area contributed by atoms with Crippen molar-refractivity contribution in [1.82, 2.24) is 9.88 Å². The van der Waals surface area contributed by atoms with Gasteiger partial charge in [0.1, 0.15) is 12.4 Å². The molecule has 0 spiro atoms. The third-order valence-electron chi connectivity index (χ3n) is 5.77. The molecule has 3 atom stereocenters. The Balaban J connectivity index is 1.86. The van der Waals surface area contributed by atoms with Crippen LogP contribution in [0, 0.1) is 11.8 Å². The van der Waals surface area contributed by atoms with Gasteiger partial charge in [0.2, 0.25) is 0 Å². The van der Waals surface area contributed by atoms with Gasteiger partial charge in [0.25, 0.3) is 0 Å². The minimum absolute atomic E-state index is 0.0215. The van der Waals surface area contributed by atoms with Crippen LogP contribution in [0.5, 0.6) is 0 Å². The van der Waals surface area contributed by atoms with Crippen LogP contribution in [-0.4, -0.2) is 66.4 Å². The highest BCUT2D eigenvalue weighted by molar-refractivity contribution is 5.97. The number of carbonyl (C=O) groups excluding carboxylic acids is 2. The molecule has 0 radical (unpaired) electrons. The van der Waals surface area contributed by atoms with Crippen molar-refractivity contribution >= 4 is 17.4 Å². The van der Waals surface area contributed by atoms with Crippen molar-refractivity contribution in [3.05, 3.63) is 23.9 Å². The highest BCUT2D eigenvalue weighted by atomic mass is 16.5. The molecule has 1 saturated heterocycles. The molecule has 162 valence electrons. The molecular weight excluding hydrogens is 366 g/mol. The van der Waals surface area contributed by atoms with Gasteiger partial charge in [-0.1, -0.05) is 27.7 Å². The average molecular weight is 404 g/mol. The summed E-state index contributed by atoms with van der Waals surface area (Å²) in [4.78, 5) is 33.3. The second-order valence-corrected chi connectivity index (χ2v) is 8.62. The second kappa shape index (κ2) is 10.8. The average Bonchev–Trinajstić information content (AvgIpc) is 2.69. The lowest BCUT2D eigenvalue weighted by molar-refractivity contribution is -0.127. The van der Waals surface area contributed by atoms with E-state index in [4.69, 9.17) is 4.74 Å². The van der Waals surface area contributed by atoms with Crippen molar-refractivity contribution in [3.63, 3.8) is 0 Å². The lowest BCUT2D eigenvalue weighted by Gasteiger charge is -2.45. The van der Waals surface area contributed by atoms with Crippen molar-refractivity contribution in [1.29, 1.82) is 0 Å². The van der Waals surface area contributed by atoms with Crippen molar-refractivity contribution in [2.24, 2.45) is 11.8 Å². The number of rotatable bonds is 10. The van der Waals surface area contributed by atoms with Crippen molar-refractivity contribution in [3.8, 4) is 0 Å². The zero-order chi connectivity index (χ0) is 21.6. The van der Waals surface area contributed by atoms with Crippen molar-refractivity contribution in [2.75, 3.05) is 37.7 Å². The molecule has 1 unspecified atom stereocenters. The molecular formula is C23H37N3O3. The molecule has 0 amide bonds. The third-order valence-corrected chi connectivity index (χ3v) is 5.77. The summed E-state index contributed by atoms with van der Waals surface area (Å²) < 4.78 is 5.61. The molecule has 0 aromatic carbocycles. The lowest BCUT2D eigenvalue weighted by Crippen LogP contribution is -2.57. The normalized spacial score (nSPS) is 21.4. The van der Waals surface area contributed by atoms with Crippen LogP contribution < -0.4 is 4.90 Å². The smallest absolute Gasteiger partial charge is 0.166 e. The van der Waals surface area contributed by atoms with Gasteiger partial charge in [-0.15, -0.1) is 0 Å². The summed E-state index contributed by atoms with van der Waals surface area (Å²) in [5, 5.41) is 0. The van der Waals surface area contributed by atoms with Gasteiger partial charge >= 0.3 is 0 Å². The SMILES string of the molecule is CCC(C)C(=O)COCCN1C[C@@H](C)N(c2ccc(C(=O)C(C)C)cn2)[C@@H](C)C1. The van der Waals surface area contributed by atoms with Crippen LogP contribution in [0.2, 0.25) is 0 Å². The second-order valence-electron chi connectivity index (χ2n) is 8.62. The first-order valence-electron chi connectivity index (χ1n) is 10.9. The first kappa shape index (κ1) is 23.5. The fraction of sp³-hybridized carbons (Fsp3) is 0.696. The number of Topliss-reactive ketones (excluding diaryl/α,β-unsaturated/α-hetero) is 2. The Morgan fingerprint density at radius 1 is 1.17 bits per heavy atom. The van der Waals surface area contributed by atoms with Gasteiger partial charge in [-0.2, -0.15) is 0 Å². The van der Waals surface area contributed by atoms with Crippen LogP contribution >= 0.6 is 0 Å². The van der Waals surface area contributed by atoms with E-state index >= 15 is 0 Å². The first-order valence-corrected chi connectivity index (χ1v) is 10.9. The van der Waals surface area contributed by atoms with Crippen molar-refractivity contribution < 1.29 is 14.3 Å². The van der Waals surface area contributed by atoms with E-state index in [-0.39, 0.29) is 30.0 Å². The van der Waals surface area contributed by atoms with Gasteiger partial charge in [0.05, 0.1) is 6.61 Å². The van der Waals surface area contributed by atoms with Gasteiger partial charge in [-0.25, -0.2) is 4.98 Å². The molecule has 29 heavy (non-hydrogen) atoms. The van der Waals surface area contributed by atoms with Gasteiger partial charge in [-0.3, -0.25) is 14.5 Å². The molecule has 1 aliphatic rings. The summed E-state index contributed by atoms with van der Waals surface area (Å²) in [6.07, 6.45) is 2.56. The van der Waals surface area contributed by atoms with Crippen LogP contribution in [0.15, 0.2) is 18.3 Å². The Morgan fingerprint density at radius 2 is 1.83 bits per heavy atom. The van der Waals surface area contributed by atoms with Crippen molar-refractivity contribution in [2.45, 2.75) is 60.0 Å². The molecule has 1 aromatic rings. The summed E-state index contributed by atoms with van der Waals surface area (Å²) >= 11 is 0. The van der Waals surface area contributed by atoms with E-state index in [0.717, 1.165) is 31.9 Å². The van der Waals surface area contributed by atoms with Gasteiger partial charge in [0.15, 0.2) is 11.6 Å². The van der Waals surface area contributed by atoms with E-state index in [1.807, 2.05) is 39.8 Å². The number of nitrogens with zero attached hydrogens (tertiary/aromatic N) is 3. The molecule has 1 aromatic heterocycles. The topological polar surface area (TPSA) is 62.7 Å². The molecule has 6 heteroatoms. The minimum Gasteiger partial charge on any atom is -0.372 e. The van der Waals surface area contributed by atoms with E-state index in [2.05, 4.69) is 28.6 Å². The third kappa shape index (κ3) is 6.34. The standard InChI is InChI=1S/C23H37N3O3/c1-7-17(4)21(27)15-29-11-10-25-13-18(5)26(19(6)14-25)22-9-8-20(12-24-22)23(28)16(2)3/h8-9,12,16-19H,7,10-11,13-15H2,1-6H3/t17?,18-,19+. The fourth-order valence-corrected chi connectivity index (χ4v) is 3.82. The number of ketones is 2. The quantitative estimate of drug-likeness (QED) is 0.440. The highest BCUT2D eigenvalue weighted by Crippen LogP contribution is 2.23. The number of aromatic nitrogens is 1. The molecule has 0 bridgehead atoms. The summed E-state index contributed by atoms with van der Waals surface area (Å²) in [5.74, 6) is 1.28. The monoisotopic (exact) mass is 403 g/mol. The molecule has 1 fully saturated rings. The maximum atomic E-state index is 12.1. The number of hydrogen-bond donors (Lipinski definition) is 0. The Morgan fingerprint density at radius 3 is 2.34 bits per heavy atom. The van der Waals surface area contributed by atoms with Crippen LogP contribution in [-0.2, 0) is 9.53 Å². The zero-order valence-corrected chi connectivity index (χ0v) is 18.9. The van der Waals surface area contributed by atoms with E-state index in [0.29, 0.717) is 24.3 Å². The Bertz CT molecular complexity index is 662. The molecule has 0 N–H and O–H groups in total. The molecule has 2 heterocycles. The lowest BCUT2D eigenvalue weighted by atomic mass is 10.0. The Labute approximate surface area is 175 Å². The number of ether oxygens (including phenoxy) is 1. The Kier molecular flexibility index (Phi) is 8.78. The fourth-order valence-electron chi connectivity index (χ4n) is 3.82. The summed E-state index contributed by atoms with van der Waals surface area (Å²) in [6, 6.07) is 4.46. The number of anilines is 1. The van der Waals surface area contributed by atoms with E-state index in [9.17, 15) is 9.59 Å². The molecule has 6 nitrogen and oxygen atoms in total. The Hall–Kier alpha value is -1.79. The summed E-state index contributed by atoms with van der Waals surface area (Å²) in [6.45, 7) is 15.6. The first-order chi connectivity index (χ1) is 13.7. The van der Waals surface area contributed by atoms with E-state index in [1.54, 1.807) is 6.20 Å². The predicted molar refractivity (Wildman–Crippen MR) is 117 cm³/mol. The highest BCUT2D eigenvalue weighted by Gasteiger charge is 2.30. The van der Waals surface area contributed by atoms with Crippen LogP contribution in [0.1, 0.15) is 58.3 Å². The maximum Gasteiger partial charge on any atom is 0.166 e. The van der Waals surface area contributed by atoms with Crippen LogP contribution in [0.3, 0.4) is 0 Å². The largest absolute Gasteiger partial charge is 0.372 e. The van der Waals surface area contributed by atoms with Gasteiger partial charge in [-0.05, 0) is 32.4 Å². The summed E-state index contributed by atoms with van der Waals surface area (Å²) in [5.41, 5.74) is 0.673. The zero-order valence-electron chi connectivity index (χ0n) is 18.9. The van der Waals surface area contributed by atoms with E-state index < -0.39 is 0 Å². The molecule has 1 aliphatic heterocycles. The number of pyridine rings is 1. The predicted octanol–water partition coefficient (Wildman–Crippen LogP) is 3.45. The van der Waals surface area contributed by atoms with Crippen LogP contribution in [0.4, 0.5) is 5.82 Å². The maximum absolute atomic E-state index is 12.1. The van der Waals surface area contributed by atoms with Crippen LogP contribution in [0.25, 0.3) is 0 Å². The molecule has 0 saturated carbocycles. The number of hydrogen-bond acceptors (Lipinski definition) is 6. The molecule has 0 aliphatic carbocycles. The number of carbonyl (C=O) groups is 2. The van der Waals surface area contributed by atoms with Gasteiger partial charge < -0.3 is 9.64 Å².